The van der Waals surface area contributed by atoms with Gasteiger partial charge in [0.15, 0.2) is 5.11 Å². The number of rotatable bonds is 6. The molecule has 24 heavy (non-hydrogen) atoms. The van der Waals surface area contributed by atoms with Gasteiger partial charge in [0.05, 0.1) is 0 Å². The molecule has 128 valence electrons. The average Bonchev–Trinajstić information content (AvgIpc) is 2.53. The lowest BCUT2D eigenvalue weighted by Gasteiger charge is -2.12. The lowest BCUT2D eigenvalue weighted by atomic mass is 10.2. The summed E-state index contributed by atoms with van der Waals surface area (Å²) in [6.07, 6.45) is 0. The van der Waals surface area contributed by atoms with Crippen LogP contribution in [0.5, 0.6) is 5.75 Å². The zero-order valence-corrected chi connectivity index (χ0v) is 14.7. The number of nitrogens with one attached hydrogen (secondary N) is 2. The van der Waals surface area contributed by atoms with Crippen LogP contribution in [0.25, 0.3) is 0 Å². The normalized spacial score (nSPS) is 10.5. The Morgan fingerprint density at radius 1 is 1.04 bits per heavy atom. The van der Waals surface area contributed by atoms with Gasteiger partial charge in [0.1, 0.15) is 5.75 Å². The standard InChI is InChI=1S/C16H14Cl2F2N2OS/c17-12-4-3-11(14(18)7-12)9-22-16(24)21-8-10-1-5-13(6-2-10)23-15(19)20/h1-7,15H,8-9H2,(H2,21,22,24). The first-order valence-electron chi connectivity index (χ1n) is 6.93. The topological polar surface area (TPSA) is 33.3 Å². The molecule has 0 aromatic heterocycles. The Balaban J connectivity index is 1.78. The molecule has 0 heterocycles. The third-order valence-electron chi connectivity index (χ3n) is 3.06. The molecule has 2 N–H and O–H groups in total. The smallest absolute Gasteiger partial charge is 0.387 e. The van der Waals surface area contributed by atoms with Gasteiger partial charge >= 0.3 is 6.61 Å². The summed E-state index contributed by atoms with van der Waals surface area (Å²) >= 11 is 17.1. The molecule has 0 aliphatic carbocycles. The second-order valence-corrected chi connectivity index (χ2v) is 6.05. The fourth-order valence-electron chi connectivity index (χ4n) is 1.87. The zero-order chi connectivity index (χ0) is 17.5. The predicted octanol–water partition coefficient (Wildman–Crippen LogP) is 4.76. The molecule has 0 amide bonds. The van der Waals surface area contributed by atoms with E-state index in [1.807, 2.05) is 6.07 Å². The maximum Gasteiger partial charge on any atom is 0.387 e. The molecule has 0 unspecified atom stereocenters. The van der Waals surface area contributed by atoms with Crippen LogP contribution < -0.4 is 15.4 Å². The molecule has 0 atom stereocenters. The Hall–Kier alpha value is -1.63. The first kappa shape index (κ1) is 18.7. The van der Waals surface area contributed by atoms with E-state index in [4.69, 9.17) is 35.4 Å². The minimum atomic E-state index is -2.83. The molecule has 0 aliphatic heterocycles. The van der Waals surface area contributed by atoms with Gasteiger partial charge in [0.2, 0.25) is 0 Å². The highest BCUT2D eigenvalue weighted by molar-refractivity contribution is 7.80. The van der Waals surface area contributed by atoms with E-state index in [2.05, 4.69) is 15.4 Å². The van der Waals surface area contributed by atoms with Crippen molar-refractivity contribution in [2.75, 3.05) is 0 Å². The van der Waals surface area contributed by atoms with Gasteiger partial charge in [-0.2, -0.15) is 8.78 Å². The van der Waals surface area contributed by atoms with Crippen molar-refractivity contribution in [1.29, 1.82) is 0 Å². The second kappa shape index (κ2) is 9.01. The summed E-state index contributed by atoms with van der Waals surface area (Å²) < 4.78 is 28.4. The Kier molecular flexibility index (Phi) is 7.02. The van der Waals surface area contributed by atoms with Crippen LogP contribution in [0.1, 0.15) is 11.1 Å². The highest BCUT2D eigenvalue weighted by Crippen LogP contribution is 2.20. The average molecular weight is 391 g/mol. The molecular weight excluding hydrogens is 377 g/mol. The van der Waals surface area contributed by atoms with E-state index in [9.17, 15) is 8.78 Å². The van der Waals surface area contributed by atoms with Crippen molar-refractivity contribution >= 4 is 40.5 Å². The molecule has 0 radical (unpaired) electrons. The van der Waals surface area contributed by atoms with Crippen molar-refractivity contribution in [1.82, 2.24) is 10.6 Å². The van der Waals surface area contributed by atoms with Crippen molar-refractivity contribution < 1.29 is 13.5 Å². The van der Waals surface area contributed by atoms with Gasteiger partial charge in [0.25, 0.3) is 0 Å². The Bertz CT molecular complexity index is 699. The maximum atomic E-state index is 12.1. The molecule has 3 nitrogen and oxygen atoms in total. The summed E-state index contributed by atoms with van der Waals surface area (Å²) in [5, 5.41) is 7.65. The number of alkyl halides is 2. The Morgan fingerprint density at radius 3 is 2.33 bits per heavy atom. The van der Waals surface area contributed by atoms with E-state index in [-0.39, 0.29) is 5.75 Å². The summed E-state index contributed by atoms with van der Waals surface area (Å²) in [6, 6.07) is 11.6. The van der Waals surface area contributed by atoms with Gasteiger partial charge in [-0.15, -0.1) is 0 Å². The SMILES string of the molecule is FC(F)Oc1ccc(CNC(=S)NCc2ccc(Cl)cc2Cl)cc1. The van der Waals surface area contributed by atoms with Gasteiger partial charge in [0, 0.05) is 23.1 Å². The number of halogens is 4. The Morgan fingerprint density at radius 2 is 1.71 bits per heavy atom. The Labute approximate surface area is 153 Å². The van der Waals surface area contributed by atoms with E-state index in [0.29, 0.717) is 28.2 Å². The molecule has 0 bridgehead atoms. The first-order valence-corrected chi connectivity index (χ1v) is 8.10. The number of thiocarbonyl (C=S) groups is 1. The number of hydrogen-bond donors (Lipinski definition) is 2. The second-order valence-electron chi connectivity index (χ2n) is 4.79. The van der Waals surface area contributed by atoms with Crippen LogP contribution in [-0.4, -0.2) is 11.7 Å². The summed E-state index contributed by atoms with van der Waals surface area (Å²) in [4.78, 5) is 0. The van der Waals surface area contributed by atoms with Crippen LogP contribution in [0.4, 0.5) is 8.78 Å². The van der Waals surface area contributed by atoms with Crippen LogP contribution in [-0.2, 0) is 13.1 Å². The summed E-state index contributed by atoms with van der Waals surface area (Å²) in [5.74, 6) is 0.117. The number of ether oxygens (including phenoxy) is 1. The maximum absolute atomic E-state index is 12.1. The van der Waals surface area contributed by atoms with E-state index in [1.54, 1.807) is 24.3 Å². The quantitative estimate of drug-likeness (QED) is 0.696. The van der Waals surface area contributed by atoms with Crippen LogP contribution in [0, 0.1) is 0 Å². The molecular formula is C16H14Cl2F2N2OS. The van der Waals surface area contributed by atoms with E-state index in [1.165, 1.54) is 12.1 Å². The molecule has 0 aliphatic rings. The minimum absolute atomic E-state index is 0.117. The van der Waals surface area contributed by atoms with Crippen molar-refractivity contribution in [3.63, 3.8) is 0 Å². The van der Waals surface area contributed by atoms with Crippen LogP contribution in [0.2, 0.25) is 10.0 Å². The zero-order valence-electron chi connectivity index (χ0n) is 12.4. The summed E-state index contributed by atoms with van der Waals surface area (Å²) in [5.41, 5.74) is 1.75. The van der Waals surface area contributed by atoms with Crippen molar-refractivity contribution in [2.45, 2.75) is 19.7 Å². The van der Waals surface area contributed by atoms with Gasteiger partial charge in [-0.3, -0.25) is 0 Å². The lowest BCUT2D eigenvalue weighted by molar-refractivity contribution is -0.0498. The number of benzene rings is 2. The van der Waals surface area contributed by atoms with Crippen molar-refractivity contribution in [3.8, 4) is 5.75 Å². The third kappa shape index (κ3) is 6.11. The summed E-state index contributed by atoms with van der Waals surface area (Å²) in [6.45, 7) is -1.91. The molecule has 2 aromatic carbocycles. The van der Waals surface area contributed by atoms with Gasteiger partial charge in [-0.25, -0.2) is 0 Å². The molecule has 2 rings (SSSR count). The lowest BCUT2D eigenvalue weighted by Crippen LogP contribution is -2.34. The van der Waals surface area contributed by atoms with Crippen LogP contribution in [0.3, 0.4) is 0 Å². The molecule has 2 aromatic rings. The van der Waals surface area contributed by atoms with Crippen LogP contribution >= 0.6 is 35.4 Å². The van der Waals surface area contributed by atoms with E-state index < -0.39 is 6.61 Å². The highest BCUT2D eigenvalue weighted by Gasteiger charge is 2.05. The van der Waals surface area contributed by atoms with Gasteiger partial charge < -0.3 is 15.4 Å². The number of hydrogen-bond acceptors (Lipinski definition) is 2. The monoisotopic (exact) mass is 390 g/mol. The first-order chi connectivity index (χ1) is 11.4. The highest BCUT2D eigenvalue weighted by atomic mass is 35.5. The van der Waals surface area contributed by atoms with E-state index >= 15 is 0 Å². The van der Waals surface area contributed by atoms with Gasteiger partial charge in [-0.05, 0) is 47.6 Å². The third-order valence-corrected chi connectivity index (χ3v) is 3.93. The molecule has 0 saturated heterocycles. The fourth-order valence-corrected chi connectivity index (χ4v) is 2.49. The molecule has 0 saturated carbocycles. The van der Waals surface area contributed by atoms with Crippen molar-refractivity contribution in [2.24, 2.45) is 0 Å². The fraction of sp³-hybridized carbons (Fsp3) is 0.188. The minimum Gasteiger partial charge on any atom is -0.435 e. The molecule has 8 heteroatoms. The predicted molar refractivity (Wildman–Crippen MR) is 95.8 cm³/mol. The molecule has 0 spiro atoms. The van der Waals surface area contributed by atoms with Crippen LogP contribution in [0.15, 0.2) is 42.5 Å². The largest absolute Gasteiger partial charge is 0.435 e. The van der Waals surface area contributed by atoms with Crippen molar-refractivity contribution in [3.05, 3.63) is 63.6 Å². The van der Waals surface area contributed by atoms with Gasteiger partial charge in [-0.1, -0.05) is 41.4 Å². The summed E-state index contributed by atoms with van der Waals surface area (Å²) in [7, 11) is 0. The molecule has 0 fully saturated rings. The van der Waals surface area contributed by atoms with E-state index in [0.717, 1.165) is 11.1 Å².